The zero-order chi connectivity index (χ0) is 56.8. The van der Waals surface area contributed by atoms with Gasteiger partial charge in [0.1, 0.15) is 53.2 Å². The van der Waals surface area contributed by atoms with Gasteiger partial charge >= 0.3 is 0 Å². The second-order valence-electron chi connectivity index (χ2n) is 18.6. The number of rotatable bonds is 18. The van der Waals surface area contributed by atoms with Gasteiger partial charge in [-0.1, -0.05) is 70.1 Å². The number of carbonyl (C=O) groups is 3. The van der Waals surface area contributed by atoms with E-state index in [0.717, 1.165) is 86.2 Å². The van der Waals surface area contributed by atoms with Crippen molar-refractivity contribution in [2.75, 3.05) is 99.1 Å². The Morgan fingerprint density at radius 3 is 1.48 bits per heavy atom. The minimum Gasteiger partial charge on any atom is -0.435 e. The van der Waals surface area contributed by atoms with Crippen molar-refractivity contribution in [1.29, 1.82) is 0 Å². The molecule has 0 saturated carbocycles. The molecule has 2 aromatic carbocycles. The Kier molecular flexibility index (Phi) is 24.2. The van der Waals surface area contributed by atoms with E-state index in [2.05, 4.69) is 69.6 Å². The fraction of sp³-hybridized carbons (Fsp3) is 0.442. The van der Waals surface area contributed by atoms with E-state index in [1.807, 2.05) is 64.1 Å². The number of aliphatic hydroxyl groups excluding tert-OH is 6. The summed E-state index contributed by atoms with van der Waals surface area (Å²) in [5, 5.41) is 63.2. The number of β-amino-alcohol motifs (C(OH)–C–C–N with tert-alkyl or cyclic N) is 2. The molecule has 0 spiro atoms. The van der Waals surface area contributed by atoms with Crippen LogP contribution in [-0.2, 0) is 27.1 Å². The molecule has 9 rings (SSSR count). The lowest BCUT2D eigenvalue weighted by molar-refractivity contribution is -0.328. The number of benzene rings is 2. The number of ether oxygens (including phenoxy) is 2. The fourth-order valence-electron chi connectivity index (χ4n) is 8.65. The molecule has 432 valence electrons. The van der Waals surface area contributed by atoms with E-state index >= 15 is 0 Å². The van der Waals surface area contributed by atoms with Crippen molar-refractivity contribution < 1.29 is 54.5 Å². The third-order valence-electron chi connectivity index (χ3n) is 13.0. The number of ketones is 2. The first-order valence-corrected chi connectivity index (χ1v) is 27.7. The summed E-state index contributed by atoms with van der Waals surface area (Å²) in [6, 6.07) is 15.1. The topological polar surface area (TPSA) is 305 Å². The second kappa shape index (κ2) is 30.4. The van der Waals surface area contributed by atoms with Gasteiger partial charge in [-0.15, -0.1) is 12.4 Å². The molecule has 0 bridgehead atoms. The summed E-state index contributed by atoms with van der Waals surface area (Å²) in [5.41, 5.74) is 3.70. The molecule has 80 heavy (non-hydrogen) atoms. The summed E-state index contributed by atoms with van der Waals surface area (Å²) in [4.78, 5) is 72.4. The summed E-state index contributed by atoms with van der Waals surface area (Å²) in [6.45, 7) is 16.3. The first-order chi connectivity index (χ1) is 37.9. The van der Waals surface area contributed by atoms with E-state index in [9.17, 15) is 14.4 Å². The Labute approximate surface area is 486 Å². The third-order valence-corrected chi connectivity index (χ3v) is 15.6. The molecular weight excluding hydrogens is 1140 g/mol. The smallest absolute Gasteiger partial charge is 0.295 e. The number of aromatic nitrogens is 6. The minimum atomic E-state index is -1.69. The number of hydrogen-bond donors (Lipinski definition) is 8. The number of carbonyl (C=O) groups excluding carboxylic acids is 3. The summed E-state index contributed by atoms with van der Waals surface area (Å²) in [6.07, 6.45) is -4.31. The molecule has 3 saturated heterocycles. The predicted molar refractivity (Wildman–Crippen MR) is 308 cm³/mol. The van der Waals surface area contributed by atoms with Gasteiger partial charge in [0.2, 0.25) is 6.29 Å². The fourth-order valence-corrected chi connectivity index (χ4v) is 10.8. The van der Waals surface area contributed by atoms with Gasteiger partial charge in [-0.2, -0.15) is 0 Å². The lowest BCUT2D eigenvalue weighted by atomic mass is 10.0. The van der Waals surface area contributed by atoms with Gasteiger partial charge in [-0.05, 0) is 62.1 Å². The number of piperazine rings is 2. The van der Waals surface area contributed by atoms with Crippen molar-refractivity contribution in [2.24, 2.45) is 0 Å². The first-order valence-electron chi connectivity index (χ1n) is 25.3. The highest BCUT2D eigenvalue weighted by Gasteiger charge is 2.44. The van der Waals surface area contributed by atoms with Crippen LogP contribution < -0.4 is 20.4 Å². The van der Waals surface area contributed by atoms with E-state index in [1.165, 1.54) is 22.7 Å². The monoisotopic (exact) mass is 1200 g/mol. The SMILES string of the molecule is Cc1nc(Nc2ncc(C(=O)Cc3c(C)cccc3Cl)s2)cc(N2CCN(CCO)CC2)n1.Cc1nc(Nc2ncc(C(=O)Cc3c(C)cccc3Cl)s2)cc(N2CCN(CCO)CC2)n1.Cl.O=COC1O[C@@H](O)C(O)[C@@H](O)[C@@H]1O. The van der Waals surface area contributed by atoms with E-state index in [-0.39, 0.29) is 56.5 Å². The number of nitrogens with one attached hydrogen (secondary N) is 2. The van der Waals surface area contributed by atoms with Gasteiger partial charge in [-0.25, -0.2) is 29.9 Å². The number of anilines is 6. The van der Waals surface area contributed by atoms with Crippen LogP contribution in [0.25, 0.3) is 0 Å². The summed E-state index contributed by atoms with van der Waals surface area (Å²) in [5.74, 6) is 4.29. The number of aryl methyl sites for hydroxylation is 4. The average molecular weight is 1200 g/mol. The van der Waals surface area contributed by atoms with Gasteiger partial charge in [0.15, 0.2) is 28.1 Å². The van der Waals surface area contributed by atoms with Crippen LogP contribution in [0.1, 0.15) is 53.2 Å². The minimum absolute atomic E-state index is 0. The molecule has 7 heterocycles. The summed E-state index contributed by atoms with van der Waals surface area (Å²) < 4.78 is 8.66. The van der Waals surface area contributed by atoms with Crippen molar-refractivity contribution in [1.82, 2.24) is 39.7 Å². The van der Waals surface area contributed by atoms with Crippen LogP contribution in [0.3, 0.4) is 0 Å². The Morgan fingerprint density at radius 2 is 1.09 bits per heavy atom. The first kappa shape index (κ1) is 63.6. The van der Waals surface area contributed by atoms with Crippen LogP contribution in [0.4, 0.5) is 33.5 Å². The molecule has 8 N–H and O–H groups in total. The Balaban J connectivity index is 0.000000210. The van der Waals surface area contributed by atoms with Crippen LogP contribution in [0, 0.1) is 27.7 Å². The third kappa shape index (κ3) is 17.4. The van der Waals surface area contributed by atoms with Crippen molar-refractivity contribution in [3.63, 3.8) is 0 Å². The predicted octanol–water partition coefficient (Wildman–Crippen LogP) is 4.31. The highest BCUT2D eigenvalue weighted by atomic mass is 35.5. The van der Waals surface area contributed by atoms with Gasteiger partial charge in [0.25, 0.3) is 6.47 Å². The van der Waals surface area contributed by atoms with Gasteiger partial charge in [0.05, 0.1) is 35.4 Å². The van der Waals surface area contributed by atoms with Crippen molar-refractivity contribution in [3.8, 4) is 0 Å². The molecular formula is C52H65Cl3N12O11S2. The van der Waals surface area contributed by atoms with E-state index < -0.39 is 30.9 Å². The normalized spacial score (nSPS) is 19.4. The molecule has 0 aliphatic carbocycles. The average Bonchev–Trinajstić information content (AvgIpc) is 4.13. The highest BCUT2D eigenvalue weighted by molar-refractivity contribution is 7.17. The molecule has 6 aromatic rings. The number of thiazole rings is 2. The molecule has 4 aromatic heterocycles. The molecule has 0 amide bonds. The number of aliphatic hydroxyl groups is 6. The number of Topliss-reactive ketones (excluding diaryl/α,β-unsaturated/α-hetero) is 2. The molecule has 0 radical (unpaired) electrons. The lowest BCUT2D eigenvalue weighted by Gasteiger charge is -2.36. The number of hydrogen-bond acceptors (Lipinski definition) is 25. The van der Waals surface area contributed by atoms with E-state index in [0.29, 0.717) is 66.4 Å². The van der Waals surface area contributed by atoms with Crippen LogP contribution >= 0.6 is 58.3 Å². The second-order valence-corrected chi connectivity index (χ2v) is 21.5. The highest BCUT2D eigenvalue weighted by Crippen LogP contribution is 2.30. The standard InChI is InChI=1S/2C23H27ClN6O2S.C6H10O7.ClH/c2*1-15-4-3-5-18(24)17(15)12-19(32)20-14-25-23(33-20)28-21-13-22(27-16(2)26-21)30-8-6-29(7-9-30)10-11-31;7-1-12-6-4(10)2(8)3(9)5(11)13-6;/h2*3-5,13-14,31H,6-12H2,1-2H3,(H,25,26,27,28);1-6,8-11H;1H/t;;2-,3?,4+,5-,6?;/m..1./s1. The van der Waals surface area contributed by atoms with Crippen LogP contribution in [0.5, 0.6) is 0 Å². The molecule has 2 unspecified atom stereocenters. The maximum Gasteiger partial charge on any atom is 0.295 e. The largest absolute Gasteiger partial charge is 0.435 e. The molecule has 23 nitrogen and oxygen atoms in total. The number of nitrogens with zero attached hydrogens (tertiary/aromatic N) is 10. The van der Waals surface area contributed by atoms with Gasteiger partial charge < -0.3 is 60.5 Å². The summed E-state index contributed by atoms with van der Waals surface area (Å²) >= 11 is 15.2. The molecule has 3 fully saturated rings. The molecule has 28 heteroatoms. The maximum absolute atomic E-state index is 12.8. The Morgan fingerprint density at radius 1 is 0.662 bits per heavy atom. The quantitative estimate of drug-likeness (QED) is 0.0439. The van der Waals surface area contributed by atoms with Crippen molar-refractivity contribution in [3.05, 3.63) is 115 Å². The summed E-state index contributed by atoms with van der Waals surface area (Å²) in [7, 11) is 0. The van der Waals surface area contributed by atoms with Crippen LogP contribution in [0.15, 0.2) is 60.9 Å². The Hall–Kier alpha value is -5.62. The number of halogens is 3. The van der Waals surface area contributed by atoms with Crippen molar-refractivity contribution >= 4 is 110 Å². The van der Waals surface area contributed by atoms with Gasteiger partial charge in [0, 0.05) is 100 Å². The molecule has 3 aliphatic rings. The van der Waals surface area contributed by atoms with Gasteiger partial charge in [-0.3, -0.25) is 24.2 Å². The zero-order valence-corrected chi connectivity index (χ0v) is 48.3. The van der Waals surface area contributed by atoms with Crippen LogP contribution in [-0.4, -0.2) is 198 Å². The maximum atomic E-state index is 12.8. The molecule has 5 atom stereocenters. The van der Waals surface area contributed by atoms with Crippen molar-refractivity contribution in [2.45, 2.75) is 71.4 Å². The van der Waals surface area contributed by atoms with E-state index in [1.54, 1.807) is 24.5 Å². The zero-order valence-electron chi connectivity index (χ0n) is 44.3. The molecule has 3 aliphatic heterocycles. The Bertz CT molecular complexity index is 2790. The van der Waals surface area contributed by atoms with Crippen LogP contribution in [0.2, 0.25) is 10.0 Å². The lowest BCUT2D eigenvalue weighted by Crippen LogP contribution is -2.58. The van der Waals surface area contributed by atoms with E-state index in [4.69, 9.17) is 53.8 Å².